The van der Waals surface area contributed by atoms with E-state index in [9.17, 15) is 0 Å². The smallest absolute Gasteiger partial charge is 0.191 e. The van der Waals surface area contributed by atoms with Crippen LogP contribution < -0.4 is 15.4 Å². The number of methoxy groups -OCH3 is 1. The molecule has 0 bridgehead atoms. The summed E-state index contributed by atoms with van der Waals surface area (Å²) in [5.74, 6) is 1.70. The van der Waals surface area contributed by atoms with Gasteiger partial charge in [-0.1, -0.05) is 12.1 Å². The van der Waals surface area contributed by atoms with Crippen LogP contribution in [-0.2, 0) is 11.3 Å². The Kier molecular flexibility index (Phi) is 12.1. The summed E-state index contributed by atoms with van der Waals surface area (Å²) in [5.41, 5.74) is 1.13. The molecule has 21 heavy (non-hydrogen) atoms. The van der Waals surface area contributed by atoms with Crippen molar-refractivity contribution in [1.82, 2.24) is 10.6 Å². The average molecular weight is 407 g/mol. The normalized spacial score (nSPS) is 9.48. The van der Waals surface area contributed by atoms with Gasteiger partial charge in [-0.15, -0.1) is 24.0 Å². The van der Waals surface area contributed by atoms with E-state index in [4.69, 9.17) is 9.47 Å². The van der Waals surface area contributed by atoms with Gasteiger partial charge in [-0.25, -0.2) is 0 Å². The average Bonchev–Trinajstić information content (AvgIpc) is 2.48. The number of ether oxygens (including phenoxy) is 2. The number of nitrogens with zero attached hydrogens (tertiary/aromatic N) is 1. The summed E-state index contributed by atoms with van der Waals surface area (Å²) in [4.78, 5) is 4.41. The third-order valence-corrected chi connectivity index (χ3v) is 2.62. The number of guanidine groups is 1. The van der Waals surface area contributed by atoms with Crippen molar-refractivity contribution in [3.8, 4) is 5.75 Å². The SMILES string of the molecule is CCNC(=NCCOCc1ccc(OC)cc1)NCC.I. The van der Waals surface area contributed by atoms with Gasteiger partial charge < -0.3 is 20.1 Å². The first kappa shape index (κ1) is 20.0. The van der Waals surface area contributed by atoms with Crippen molar-refractivity contribution in [2.75, 3.05) is 33.4 Å². The molecular weight excluding hydrogens is 381 g/mol. The maximum Gasteiger partial charge on any atom is 0.191 e. The Morgan fingerprint density at radius 1 is 1.10 bits per heavy atom. The van der Waals surface area contributed by atoms with Gasteiger partial charge in [0.15, 0.2) is 5.96 Å². The first-order valence-corrected chi connectivity index (χ1v) is 7.03. The summed E-state index contributed by atoms with van der Waals surface area (Å²) in [6.45, 7) is 7.66. The molecule has 0 aliphatic carbocycles. The number of hydrogen-bond donors (Lipinski definition) is 2. The van der Waals surface area contributed by atoms with Crippen LogP contribution in [0, 0.1) is 0 Å². The van der Waals surface area contributed by atoms with Gasteiger partial charge in [-0.05, 0) is 31.5 Å². The first-order chi connectivity index (χ1) is 9.80. The van der Waals surface area contributed by atoms with Crippen LogP contribution >= 0.6 is 24.0 Å². The van der Waals surface area contributed by atoms with Crippen molar-refractivity contribution in [2.24, 2.45) is 4.99 Å². The zero-order valence-corrected chi connectivity index (χ0v) is 15.3. The van der Waals surface area contributed by atoms with Gasteiger partial charge in [0.05, 0.1) is 26.9 Å². The van der Waals surface area contributed by atoms with Gasteiger partial charge in [0.25, 0.3) is 0 Å². The molecule has 0 aliphatic heterocycles. The van der Waals surface area contributed by atoms with Gasteiger partial charge in [0.1, 0.15) is 5.75 Å². The topological polar surface area (TPSA) is 54.9 Å². The highest BCUT2D eigenvalue weighted by atomic mass is 127. The van der Waals surface area contributed by atoms with E-state index in [1.807, 2.05) is 38.1 Å². The van der Waals surface area contributed by atoms with Gasteiger partial charge >= 0.3 is 0 Å². The molecule has 0 radical (unpaired) electrons. The molecular formula is C15H26IN3O2. The van der Waals surface area contributed by atoms with E-state index in [1.165, 1.54) is 0 Å². The van der Waals surface area contributed by atoms with Crippen LogP contribution in [0.1, 0.15) is 19.4 Å². The molecule has 0 aromatic heterocycles. The van der Waals surface area contributed by atoms with Crippen LogP contribution in [0.2, 0.25) is 0 Å². The Bertz CT molecular complexity index is 388. The van der Waals surface area contributed by atoms with E-state index in [-0.39, 0.29) is 24.0 Å². The molecule has 0 amide bonds. The minimum atomic E-state index is 0. The number of hydrogen-bond acceptors (Lipinski definition) is 3. The molecule has 0 saturated carbocycles. The van der Waals surface area contributed by atoms with E-state index in [2.05, 4.69) is 15.6 Å². The van der Waals surface area contributed by atoms with Crippen LogP contribution in [0.25, 0.3) is 0 Å². The molecule has 0 spiro atoms. The lowest BCUT2D eigenvalue weighted by Crippen LogP contribution is -2.37. The maximum atomic E-state index is 5.60. The molecule has 0 fully saturated rings. The highest BCUT2D eigenvalue weighted by Crippen LogP contribution is 2.11. The van der Waals surface area contributed by atoms with Crippen LogP contribution in [0.3, 0.4) is 0 Å². The largest absolute Gasteiger partial charge is 0.497 e. The second kappa shape index (κ2) is 12.7. The molecule has 0 aliphatic rings. The van der Waals surface area contributed by atoms with E-state index in [0.29, 0.717) is 19.8 Å². The fraction of sp³-hybridized carbons (Fsp3) is 0.533. The highest BCUT2D eigenvalue weighted by molar-refractivity contribution is 14.0. The fourth-order valence-corrected chi connectivity index (χ4v) is 1.64. The molecule has 1 aromatic rings. The Morgan fingerprint density at radius 3 is 2.24 bits per heavy atom. The molecule has 120 valence electrons. The van der Waals surface area contributed by atoms with E-state index in [0.717, 1.165) is 30.4 Å². The van der Waals surface area contributed by atoms with Gasteiger partial charge in [0, 0.05) is 13.1 Å². The minimum absolute atomic E-state index is 0. The third kappa shape index (κ3) is 8.77. The van der Waals surface area contributed by atoms with E-state index < -0.39 is 0 Å². The Labute approximate surface area is 144 Å². The summed E-state index contributed by atoms with van der Waals surface area (Å²) in [6.07, 6.45) is 0. The molecule has 0 saturated heterocycles. The summed E-state index contributed by atoms with van der Waals surface area (Å²) >= 11 is 0. The van der Waals surface area contributed by atoms with Crippen LogP contribution in [0.5, 0.6) is 5.75 Å². The highest BCUT2D eigenvalue weighted by Gasteiger charge is 1.96. The van der Waals surface area contributed by atoms with E-state index >= 15 is 0 Å². The number of aliphatic imine (C=N–C) groups is 1. The molecule has 5 nitrogen and oxygen atoms in total. The van der Waals surface area contributed by atoms with Gasteiger partial charge in [-0.2, -0.15) is 0 Å². The van der Waals surface area contributed by atoms with E-state index in [1.54, 1.807) is 7.11 Å². The lowest BCUT2D eigenvalue weighted by Gasteiger charge is -2.09. The Morgan fingerprint density at radius 2 is 1.71 bits per heavy atom. The van der Waals surface area contributed by atoms with Crippen molar-refractivity contribution >= 4 is 29.9 Å². The predicted octanol–water partition coefficient (Wildman–Crippen LogP) is 2.40. The molecule has 0 heterocycles. The minimum Gasteiger partial charge on any atom is -0.497 e. The first-order valence-electron chi connectivity index (χ1n) is 7.03. The Hall–Kier alpha value is -1.02. The Balaban J connectivity index is 0.00000400. The standard InChI is InChI=1S/C15H25N3O2.HI/c1-4-16-15(17-5-2)18-10-11-20-12-13-6-8-14(19-3)9-7-13;/h6-9H,4-5,10-12H2,1-3H3,(H2,16,17,18);1H. The molecule has 1 rings (SSSR count). The number of benzene rings is 1. The van der Waals surface area contributed by atoms with Gasteiger partial charge in [-0.3, -0.25) is 4.99 Å². The monoisotopic (exact) mass is 407 g/mol. The van der Waals surface area contributed by atoms with Crippen molar-refractivity contribution in [3.63, 3.8) is 0 Å². The predicted molar refractivity (Wildman–Crippen MR) is 97.7 cm³/mol. The lowest BCUT2D eigenvalue weighted by atomic mass is 10.2. The lowest BCUT2D eigenvalue weighted by molar-refractivity contribution is 0.128. The summed E-state index contributed by atoms with van der Waals surface area (Å²) < 4.78 is 10.7. The van der Waals surface area contributed by atoms with Crippen LogP contribution in [-0.4, -0.2) is 39.3 Å². The molecule has 0 unspecified atom stereocenters. The fourth-order valence-electron chi connectivity index (χ4n) is 1.64. The summed E-state index contributed by atoms with van der Waals surface area (Å²) in [6, 6.07) is 7.88. The third-order valence-electron chi connectivity index (χ3n) is 2.62. The summed E-state index contributed by atoms with van der Waals surface area (Å²) in [5, 5.41) is 6.35. The van der Waals surface area contributed by atoms with Crippen LogP contribution in [0.15, 0.2) is 29.3 Å². The maximum absolute atomic E-state index is 5.60. The second-order valence-electron chi connectivity index (χ2n) is 4.19. The molecule has 2 N–H and O–H groups in total. The second-order valence-corrected chi connectivity index (χ2v) is 4.19. The molecule has 0 atom stereocenters. The van der Waals surface area contributed by atoms with Crippen molar-refractivity contribution in [1.29, 1.82) is 0 Å². The van der Waals surface area contributed by atoms with Crippen molar-refractivity contribution < 1.29 is 9.47 Å². The van der Waals surface area contributed by atoms with Crippen molar-refractivity contribution in [2.45, 2.75) is 20.5 Å². The summed E-state index contributed by atoms with van der Waals surface area (Å²) in [7, 11) is 1.66. The number of rotatable bonds is 8. The molecule has 6 heteroatoms. The van der Waals surface area contributed by atoms with Crippen LogP contribution in [0.4, 0.5) is 0 Å². The zero-order chi connectivity index (χ0) is 14.6. The number of nitrogens with one attached hydrogen (secondary N) is 2. The molecule has 1 aromatic carbocycles. The number of halogens is 1. The zero-order valence-electron chi connectivity index (χ0n) is 13.0. The quantitative estimate of drug-likeness (QED) is 0.301. The van der Waals surface area contributed by atoms with Gasteiger partial charge in [0.2, 0.25) is 0 Å². The van der Waals surface area contributed by atoms with Crippen molar-refractivity contribution in [3.05, 3.63) is 29.8 Å².